The second kappa shape index (κ2) is 7.77. The Morgan fingerprint density at radius 3 is 2.64 bits per heavy atom. The monoisotopic (exact) mass is 402 g/mol. The lowest BCUT2D eigenvalue weighted by Crippen LogP contribution is -2.46. The number of phenolic OH excluding ortho intramolecular Hbond substituents is 1. The van der Waals surface area contributed by atoms with Gasteiger partial charge in [0.25, 0.3) is 0 Å². The average molecular weight is 403 g/mol. The Labute approximate surface area is 149 Å². The van der Waals surface area contributed by atoms with E-state index in [4.69, 9.17) is 12.2 Å². The first kappa shape index (κ1) is 17.7. The molecule has 4 nitrogen and oxygen atoms in total. The van der Waals surface area contributed by atoms with E-state index in [0.717, 1.165) is 35.0 Å². The van der Waals surface area contributed by atoms with Gasteiger partial charge in [-0.1, -0.05) is 39.9 Å². The Morgan fingerprint density at radius 1 is 1.36 bits per heavy atom. The zero-order valence-electron chi connectivity index (χ0n) is 12.6. The fraction of sp³-hybridized carbons (Fsp3) is 0.467. The molecule has 0 bridgehead atoms. The summed E-state index contributed by atoms with van der Waals surface area (Å²) in [4.78, 5) is 16.9. The number of hydrogen-bond donors (Lipinski definition) is 1. The lowest BCUT2D eigenvalue weighted by molar-refractivity contribution is 0.0991. The van der Waals surface area contributed by atoms with E-state index in [9.17, 15) is 9.90 Å². The van der Waals surface area contributed by atoms with Crippen LogP contribution in [0.3, 0.4) is 0 Å². The third-order valence-electron chi connectivity index (χ3n) is 3.63. The summed E-state index contributed by atoms with van der Waals surface area (Å²) in [6.45, 7) is 5.58. The van der Waals surface area contributed by atoms with Crippen molar-refractivity contribution < 1.29 is 9.90 Å². The van der Waals surface area contributed by atoms with Crippen LogP contribution in [0.5, 0.6) is 5.75 Å². The molecule has 1 unspecified atom stereocenters. The molecule has 22 heavy (non-hydrogen) atoms. The van der Waals surface area contributed by atoms with Crippen LogP contribution in [0.25, 0.3) is 0 Å². The molecule has 1 atom stereocenters. The Hall–Kier alpha value is -0.630. The number of nitrogens with zero attached hydrogens (tertiary/aromatic N) is 2. The van der Waals surface area contributed by atoms with Crippen molar-refractivity contribution in [2.75, 3.05) is 33.2 Å². The predicted octanol–water partition coefficient (Wildman–Crippen LogP) is 2.99. The summed E-state index contributed by atoms with van der Waals surface area (Å²) >= 11 is 10.2. The minimum absolute atomic E-state index is 0.00571. The van der Waals surface area contributed by atoms with E-state index in [-0.39, 0.29) is 16.8 Å². The van der Waals surface area contributed by atoms with E-state index in [2.05, 4.69) is 32.8 Å². The summed E-state index contributed by atoms with van der Waals surface area (Å²) in [5, 5.41) is 9.54. The maximum atomic E-state index is 12.5. The van der Waals surface area contributed by atoms with Crippen LogP contribution >= 0.6 is 39.9 Å². The lowest BCUT2D eigenvalue weighted by atomic mass is 10.1. The Morgan fingerprint density at radius 2 is 2.00 bits per heavy atom. The van der Waals surface area contributed by atoms with E-state index in [1.54, 1.807) is 12.1 Å². The Balaban J connectivity index is 1.99. The molecule has 1 aliphatic rings. The molecular formula is C15H19BrN2O2S2. The van der Waals surface area contributed by atoms with Crippen molar-refractivity contribution in [2.24, 2.45) is 0 Å². The highest BCUT2D eigenvalue weighted by atomic mass is 79.9. The fourth-order valence-electron chi connectivity index (χ4n) is 2.19. The first-order valence-corrected chi connectivity index (χ1v) is 9.13. The number of ketones is 1. The second-order valence-corrected chi connectivity index (χ2v) is 8.23. The molecule has 0 amide bonds. The first-order valence-electron chi connectivity index (χ1n) is 7.05. The summed E-state index contributed by atoms with van der Waals surface area (Å²) in [6.07, 6.45) is 0. The van der Waals surface area contributed by atoms with Crippen molar-refractivity contribution in [2.45, 2.75) is 12.2 Å². The molecule has 0 spiro atoms. The van der Waals surface area contributed by atoms with Crippen LogP contribution in [0.15, 0.2) is 22.7 Å². The predicted molar refractivity (Wildman–Crippen MR) is 98.9 cm³/mol. The van der Waals surface area contributed by atoms with E-state index in [0.29, 0.717) is 5.56 Å². The molecule has 1 N–H and O–H groups in total. The van der Waals surface area contributed by atoms with Crippen molar-refractivity contribution in [1.82, 2.24) is 9.80 Å². The summed E-state index contributed by atoms with van der Waals surface area (Å²) in [5.41, 5.74) is 0.329. The van der Waals surface area contributed by atoms with Gasteiger partial charge in [-0.3, -0.25) is 4.79 Å². The Kier molecular flexibility index (Phi) is 6.26. The van der Waals surface area contributed by atoms with Crippen LogP contribution in [-0.4, -0.2) is 63.5 Å². The van der Waals surface area contributed by atoms with Gasteiger partial charge in [0, 0.05) is 30.7 Å². The van der Waals surface area contributed by atoms with Gasteiger partial charge in [-0.05, 0) is 32.2 Å². The van der Waals surface area contributed by atoms with E-state index >= 15 is 0 Å². The van der Waals surface area contributed by atoms with Crippen LogP contribution in [0.1, 0.15) is 17.3 Å². The number of likely N-dealkylation sites (N-methyl/N-ethyl adjacent to an activating group) is 1. The largest absolute Gasteiger partial charge is 0.507 e. The summed E-state index contributed by atoms with van der Waals surface area (Å²) in [6, 6.07) is 4.87. The number of carbonyl (C=O) groups excluding carboxylic acids is 1. The minimum atomic E-state index is -0.327. The van der Waals surface area contributed by atoms with Gasteiger partial charge in [0.1, 0.15) is 10.1 Å². The van der Waals surface area contributed by atoms with E-state index in [1.807, 2.05) is 6.92 Å². The number of halogens is 1. The van der Waals surface area contributed by atoms with Crippen molar-refractivity contribution in [3.63, 3.8) is 0 Å². The summed E-state index contributed by atoms with van der Waals surface area (Å²) in [7, 11) is 2.09. The zero-order chi connectivity index (χ0) is 16.3. The molecule has 1 heterocycles. The molecular weight excluding hydrogens is 384 g/mol. The van der Waals surface area contributed by atoms with E-state index < -0.39 is 0 Å². The van der Waals surface area contributed by atoms with Gasteiger partial charge in [0.05, 0.1) is 10.8 Å². The zero-order valence-corrected chi connectivity index (χ0v) is 15.8. The maximum Gasteiger partial charge on any atom is 0.179 e. The van der Waals surface area contributed by atoms with Crippen LogP contribution in [0.2, 0.25) is 0 Å². The molecule has 7 heteroatoms. The lowest BCUT2D eigenvalue weighted by Gasteiger charge is -2.34. The summed E-state index contributed by atoms with van der Waals surface area (Å²) in [5.74, 6) is -0.105. The number of rotatable bonds is 3. The number of carbonyl (C=O) groups is 1. The number of Topliss-reactive ketones (excluding diaryl/α,β-unsaturated/α-hetero) is 1. The van der Waals surface area contributed by atoms with Crippen LogP contribution in [0, 0.1) is 0 Å². The van der Waals surface area contributed by atoms with Gasteiger partial charge in [0.15, 0.2) is 5.78 Å². The van der Waals surface area contributed by atoms with Crippen molar-refractivity contribution >= 4 is 50.0 Å². The van der Waals surface area contributed by atoms with Gasteiger partial charge in [-0.2, -0.15) is 0 Å². The molecule has 1 aliphatic heterocycles. The van der Waals surface area contributed by atoms with Crippen molar-refractivity contribution in [3.8, 4) is 5.75 Å². The molecule has 0 saturated carbocycles. The quantitative estimate of drug-likeness (QED) is 0.619. The molecule has 0 aliphatic carbocycles. The van der Waals surface area contributed by atoms with Crippen molar-refractivity contribution in [3.05, 3.63) is 28.2 Å². The maximum absolute atomic E-state index is 12.5. The van der Waals surface area contributed by atoms with Gasteiger partial charge in [-0.15, -0.1) is 0 Å². The summed E-state index contributed by atoms with van der Waals surface area (Å²) < 4.78 is 1.52. The molecule has 120 valence electrons. The molecule has 1 saturated heterocycles. The number of benzene rings is 1. The van der Waals surface area contributed by atoms with Gasteiger partial charge in [-0.25, -0.2) is 0 Å². The number of hydrogen-bond acceptors (Lipinski definition) is 5. The van der Waals surface area contributed by atoms with Gasteiger partial charge >= 0.3 is 0 Å². The molecule has 1 aromatic carbocycles. The van der Waals surface area contributed by atoms with Gasteiger partial charge in [0.2, 0.25) is 0 Å². The standard InChI is InChI=1S/C15H19BrN2O2S2/c1-10(14(20)12-9-11(16)3-4-13(12)19)22-15(21)18-7-5-17(2)6-8-18/h3-4,9-10,19H,5-8H2,1-2H3. The molecule has 0 aromatic heterocycles. The first-order chi connectivity index (χ1) is 10.4. The second-order valence-electron chi connectivity index (χ2n) is 5.34. The van der Waals surface area contributed by atoms with Crippen LogP contribution < -0.4 is 0 Å². The average Bonchev–Trinajstić information content (AvgIpc) is 2.49. The fourth-order valence-corrected chi connectivity index (χ4v) is 4.04. The van der Waals surface area contributed by atoms with Crippen LogP contribution in [-0.2, 0) is 0 Å². The highest BCUT2D eigenvalue weighted by Crippen LogP contribution is 2.27. The minimum Gasteiger partial charge on any atom is -0.507 e. The number of thioether (sulfide) groups is 1. The molecule has 1 aromatic rings. The number of aromatic hydroxyl groups is 1. The topological polar surface area (TPSA) is 43.8 Å². The number of phenols is 1. The van der Waals surface area contributed by atoms with Crippen LogP contribution in [0.4, 0.5) is 0 Å². The Bertz CT molecular complexity index is 575. The number of piperazine rings is 1. The number of thiocarbonyl (C=S) groups is 1. The van der Waals surface area contributed by atoms with Crippen molar-refractivity contribution in [1.29, 1.82) is 0 Å². The van der Waals surface area contributed by atoms with Gasteiger partial charge < -0.3 is 14.9 Å². The smallest absolute Gasteiger partial charge is 0.179 e. The molecule has 1 fully saturated rings. The molecule has 0 radical (unpaired) electrons. The highest BCUT2D eigenvalue weighted by Gasteiger charge is 2.24. The third-order valence-corrected chi connectivity index (χ3v) is 5.70. The molecule has 2 rings (SSSR count). The van der Waals surface area contributed by atoms with E-state index in [1.165, 1.54) is 17.8 Å². The third kappa shape index (κ3) is 4.44. The normalized spacial score (nSPS) is 17.3. The highest BCUT2D eigenvalue weighted by molar-refractivity contribution is 9.10. The SMILES string of the molecule is CC(SC(=S)N1CCN(C)CC1)C(=O)c1cc(Br)ccc1O.